The molecule has 0 aromatic heterocycles. The molecule has 1 aromatic rings. The number of aryl methyl sites for hydroxylation is 1. The molecule has 1 rings (SSSR count). The monoisotopic (exact) mass is 241 g/mol. The van der Waals surface area contributed by atoms with Crippen molar-refractivity contribution in [1.82, 2.24) is 0 Å². The molecule has 16 heavy (non-hydrogen) atoms. The third kappa shape index (κ3) is 2.53. The van der Waals surface area contributed by atoms with E-state index in [1.807, 2.05) is 26.8 Å². The highest BCUT2D eigenvalue weighted by Gasteiger charge is 2.25. The molecule has 2 unspecified atom stereocenters. The van der Waals surface area contributed by atoms with Crippen molar-refractivity contribution in [2.24, 2.45) is 0 Å². The molecule has 4 heteroatoms. The highest BCUT2D eigenvalue weighted by molar-refractivity contribution is 6.20. The highest BCUT2D eigenvalue weighted by Crippen LogP contribution is 2.35. The number of nitro groups is 1. The summed E-state index contributed by atoms with van der Waals surface area (Å²) >= 11 is 6.10. The fourth-order valence-electron chi connectivity index (χ4n) is 2.07. The third-order valence-corrected chi connectivity index (χ3v) is 3.17. The van der Waals surface area contributed by atoms with Crippen LogP contribution in [0.25, 0.3) is 0 Å². The molecule has 0 heterocycles. The quantitative estimate of drug-likeness (QED) is 0.454. The molecule has 0 spiro atoms. The Bertz CT molecular complexity index is 391. The molecule has 3 nitrogen and oxygen atoms in total. The Morgan fingerprint density at radius 2 is 2.12 bits per heavy atom. The summed E-state index contributed by atoms with van der Waals surface area (Å²) in [6.45, 7) is 5.77. The van der Waals surface area contributed by atoms with Gasteiger partial charge in [-0.1, -0.05) is 19.1 Å². The first-order chi connectivity index (χ1) is 7.49. The van der Waals surface area contributed by atoms with Crippen LogP contribution in [0.2, 0.25) is 0 Å². The topological polar surface area (TPSA) is 43.1 Å². The predicted octanol–water partition coefficient (Wildman–Crippen LogP) is 4.02. The molecule has 0 aliphatic carbocycles. The van der Waals surface area contributed by atoms with Crippen molar-refractivity contribution in [3.63, 3.8) is 0 Å². The maximum Gasteiger partial charge on any atom is 0.273 e. The van der Waals surface area contributed by atoms with Crippen LogP contribution in [0.1, 0.15) is 37.3 Å². The molecule has 2 atom stereocenters. The number of hydrogen-bond donors (Lipinski definition) is 0. The lowest BCUT2D eigenvalue weighted by Crippen LogP contribution is -2.12. The fourth-order valence-corrected chi connectivity index (χ4v) is 2.37. The molecule has 0 amide bonds. The lowest BCUT2D eigenvalue weighted by molar-refractivity contribution is -0.385. The smallest absolute Gasteiger partial charge is 0.258 e. The Morgan fingerprint density at radius 3 is 2.56 bits per heavy atom. The van der Waals surface area contributed by atoms with E-state index >= 15 is 0 Å². The van der Waals surface area contributed by atoms with Gasteiger partial charge in [0.2, 0.25) is 0 Å². The van der Waals surface area contributed by atoms with Crippen molar-refractivity contribution < 1.29 is 4.92 Å². The molecular formula is C12H16ClNO2. The minimum Gasteiger partial charge on any atom is -0.258 e. The average molecular weight is 242 g/mol. The Balaban J connectivity index is 3.34. The number of benzene rings is 1. The second-order valence-electron chi connectivity index (χ2n) is 3.96. The van der Waals surface area contributed by atoms with Gasteiger partial charge in [0, 0.05) is 22.9 Å². The Labute approximate surface area is 101 Å². The summed E-state index contributed by atoms with van der Waals surface area (Å²) in [5, 5.41) is 10.9. The average Bonchev–Trinajstić information content (AvgIpc) is 2.20. The van der Waals surface area contributed by atoms with Crippen molar-refractivity contribution in [3.05, 3.63) is 39.4 Å². The van der Waals surface area contributed by atoms with E-state index in [2.05, 4.69) is 0 Å². The summed E-state index contributed by atoms with van der Waals surface area (Å²) in [5.74, 6) is 0.0308. The van der Waals surface area contributed by atoms with Gasteiger partial charge in [-0.2, -0.15) is 0 Å². The Kier molecular flexibility index (Phi) is 4.30. The predicted molar refractivity (Wildman–Crippen MR) is 66.2 cm³/mol. The minimum atomic E-state index is -0.329. The van der Waals surface area contributed by atoms with Crippen molar-refractivity contribution >= 4 is 17.3 Å². The fraction of sp³-hybridized carbons (Fsp3) is 0.500. The van der Waals surface area contributed by atoms with E-state index < -0.39 is 0 Å². The molecule has 0 radical (unpaired) electrons. The molecule has 0 aliphatic rings. The summed E-state index contributed by atoms with van der Waals surface area (Å²) in [6.07, 6.45) is 0.802. The van der Waals surface area contributed by atoms with Crippen LogP contribution in [0.4, 0.5) is 5.69 Å². The van der Waals surface area contributed by atoms with Gasteiger partial charge in [-0.05, 0) is 25.8 Å². The second-order valence-corrected chi connectivity index (χ2v) is 4.65. The van der Waals surface area contributed by atoms with Crippen LogP contribution in [0.15, 0.2) is 18.2 Å². The van der Waals surface area contributed by atoms with Gasteiger partial charge in [0.05, 0.1) is 4.92 Å². The molecule has 0 saturated heterocycles. The molecule has 0 fully saturated rings. The highest BCUT2D eigenvalue weighted by atomic mass is 35.5. The molecule has 0 N–H and O–H groups in total. The van der Waals surface area contributed by atoms with Crippen LogP contribution in [0, 0.1) is 17.0 Å². The van der Waals surface area contributed by atoms with Gasteiger partial charge in [0.1, 0.15) is 0 Å². The molecule has 1 aromatic carbocycles. The molecular weight excluding hydrogens is 226 g/mol. The van der Waals surface area contributed by atoms with Crippen LogP contribution in [0.3, 0.4) is 0 Å². The molecule has 0 bridgehead atoms. The summed E-state index contributed by atoms with van der Waals surface area (Å²) in [4.78, 5) is 10.7. The van der Waals surface area contributed by atoms with Gasteiger partial charge in [0.25, 0.3) is 5.69 Å². The van der Waals surface area contributed by atoms with Gasteiger partial charge < -0.3 is 0 Å². The van der Waals surface area contributed by atoms with Crippen LogP contribution in [0.5, 0.6) is 0 Å². The van der Waals surface area contributed by atoms with Crippen LogP contribution < -0.4 is 0 Å². The zero-order chi connectivity index (χ0) is 12.3. The SMILES string of the molecule is CCC(c1c(C)cccc1[N+](=O)[O-])C(C)Cl. The summed E-state index contributed by atoms with van der Waals surface area (Å²) < 4.78 is 0. The maximum atomic E-state index is 11.0. The lowest BCUT2D eigenvalue weighted by Gasteiger charge is -2.19. The Morgan fingerprint density at radius 1 is 1.50 bits per heavy atom. The van der Waals surface area contributed by atoms with Gasteiger partial charge in [-0.3, -0.25) is 10.1 Å². The molecule has 0 saturated carbocycles. The first-order valence-electron chi connectivity index (χ1n) is 5.37. The normalized spacial score (nSPS) is 14.5. The van der Waals surface area contributed by atoms with Crippen molar-refractivity contribution in [1.29, 1.82) is 0 Å². The lowest BCUT2D eigenvalue weighted by atomic mass is 9.89. The van der Waals surface area contributed by atoms with Gasteiger partial charge in [-0.25, -0.2) is 0 Å². The first-order valence-corrected chi connectivity index (χ1v) is 5.80. The third-order valence-electron chi connectivity index (χ3n) is 2.86. The van der Waals surface area contributed by atoms with Gasteiger partial charge >= 0.3 is 0 Å². The van der Waals surface area contributed by atoms with E-state index in [-0.39, 0.29) is 21.9 Å². The van der Waals surface area contributed by atoms with Crippen LogP contribution in [-0.2, 0) is 0 Å². The second kappa shape index (κ2) is 5.30. The number of nitro benzene ring substituents is 1. The van der Waals surface area contributed by atoms with Crippen molar-refractivity contribution in [3.8, 4) is 0 Å². The van der Waals surface area contributed by atoms with E-state index in [4.69, 9.17) is 11.6 Å². The number of nitrogens with zero attached hydrogens (tertiary/aromatic N) is 1. The zero-order valence-electron chi connectivity index (χ0n) is 9.74. The standard InChI is InChI=1S/C12H16ClNO2/c1-4-10(9(3)13)12-8(2)6-5-7-11(12)14(15)16/h5-7,9-10H,4H2,1-3H3. The van der Waals surface area contributed by atoms with Crippen LogP contribution >= 0.6 is 11.6 Å². The number of hydrogen-bond acceptors (Lipinski definition) is 2. The zero-order valence-corrected chi connectivity index (χ0v) is 10.5. The Hall–Kier alpha value is -1.09. The number of rotatable bonds is 4. The summed E-state index contributed by atoms with van der Waals surface area (Å²) in [5.41, 5.74) is 1.89. The van der Waals surface area contributed by atoms with E-state index in [0.29, 0.717) is 0 Å². The van der Waals surface area contributed by atoms with Crippen molar-refractivity contribution in [2.45, 2.75) is 38.5 Å². The molecule has 0 aliphatic heterocycles. The maximum absolute atomic E-state index is 11.0. The van der Waals surface area contributed by atoms with E-state index in [1.54, 1.807) is 12.1 Å². The largest absolute Gasteiger partial charge is 0.273 e. The van der Waals surface area contributed by atoms with Gasteiger partial charge in [0.15, 0.2) is 0 Å². The molecule has 88 valence electrons. The van der Waals surface area contributed by atoms with Gasteiger partial charge in [-0.15, -0.1) is 11.6 Å². The van der Waals surface area contributed by atoms with E-state index in [1.165, 1.54) is 0 Å². The van der Waals surface area contributed by atoms with Crippen molar-refractivity contribution in [2.75, 3.05) is 0 Å². The number of halogens is 1. The van der Waals surface area contributed by atoms with E-state index in [9.17, 15) is 10.1 Å². The number of alkyl halides is 1. The minimum absolute atomic E-state index is 0.0308. The summed E-state index contributed by atoms with van der Waals surface area (Å²) in [6, 6.07) is 5.15. The van der Waals surface area contributed by atoms with Crippen LogP contribution in [-0.4, -0.2) is 10.3 Å². The summed E-state index contributed by atoms with van der Waals surface area (Å²) in [7, 11) is 0. The van der Waals surface area contributed by atoms with E-state index in [0.717, 1.165) is 17.5 Å². The first kappa shape index (κ1) is 13.0.